The first-order valence-electron chi connectivity index (χ1n) is 7.92. The van der Waals surface area contributed by atoms with Crippen molar-refractivity contribution in [2.75, 3.05) is 0 Å². The fourth-order valence-corrected chi connectivity index (χ4v) is 3.36. The molecule has 2 heterocycles. The molecule has 0 saturated heterocycles. The van der Waals surface area contributed by atoms with Gasteiger partial charge in [-0.1, -0.05) is 35.3 Å². The van der Waals surface area contributed by atoms with E-state index >= 15 is 0 Å². The van der Waals surface area contributed by atoms with Crippen LogP contribution in [0.15, 0.2) is 71.2 Å². The molecule has 0 bridgehead atoms. The van der Waals surface area contributed by atoms with Crippen molar-refractivity contribution in [2.24, 2.45) is 10.2 Å². The van der Waals surface area contributed by atoms with E-state index in [9.17, 15) is 9.90 Å². The molecule has 0 aliphatic heterocycles. The Morgan fingerprint density at radius 2 is 1.81 bits per heavy atom. The minimum absolute atomic E-state index is 0.0983. The molecule has 0 unspecified atom stereocenters. The first-order valence-corrected chi connectivity index (χ1v) is 8.68. The second-order valence-corrected chi connectivity index (χ2v) is 6.59. The Bertz CT molecular complexity index is 1180. The molecule has 0 radical (unpaired) electrons. The third-order valence-electron chi connectivity index (χ3n) is 4.04. The number of aromatic nitrogens is 2. The number of azo groups is 1. The van der Waals surface area contributed by atoms with Crippen LogP contribution >= 0.6 is 23.2 Å². The maximum Gasteiger partial charge on any atom is 0.297 e. The highest BCUT2D eigenvalue weighted by molar-refractivity contribution is 6.38. The molecule has 0 spiro atoms. The van der Waals surface area contributed by atoms with Crippen LogP contribution in [0.5, 0.6) is 5.88 Å². The van der Waals surface area contributed by atoms with E-state index < -0.39 is 5.91 Å². The van der Waals surface area contributed by atoms with Crippen molar-refractivity contribution < 1.29 is 9.90 Å². The van der Waals surface area contributed by atoms with E-state index in [0.717, 1.165) is 0 Å². The summed E-state index contributed by atoms with van der Waals surface area (Å²) in [5, 5.41) is 19.0. The summed E-state index contributed by atoms with van der Waals surface area (Å²) in [6.45, 7) is 0. The van der Waals surface area contributed by atoms with E-state index in [2.05, 4.69) is 15.2 Å². The predicted octanol–water partition coefficient (Wildman–Crippen LogP) is 5.90. The largest absolute Gasteiger partial charge is 0.493 e. The Kier molecular flexibility index (Phi) is 4.43. The van der Waals surface area contributed by atoms with E-state index in [1.54, 1.807) is 24.3 Å². The van der Waals surface area contributed by atoms with Gasteiger partial charge in [0.2, 0.25) is 5.88 Å². The third kappa shape index (κ3) is 3.20. The van der Waals surface area contributed by atoms with Gasteiger partial charge in [-0.3, -0.25) is 4.79 Å². The average molecular weight is 399 g/mol. The predicted molar refractivity (Wildman–Crippen MR) is 105 cm³/mol. The van der Waals surface area contributed by atoms with Gasteiger partial charge in [-0.05, 0) is 36.4 Å². The summed E-state index contributed by atoms with van der Waals surface area (Å²) in [5.41, 5.74) is 1.63. The van der Waals surface area contributed by atoms with Crippen LogP contribution in [0.1, 0.15) is 10.4 Å². The number of H-pyrrole nitrogens is 1. The van der Waals surface area contributed by atoms with Crippen LogP contribution in [0.2, 0.25) is 10.0 Å². The number of nitrogens with one attached hydrogen (secondary N) is 1. The second-order valence-electron chi connectivity index (χ2n) is 5.75. The number of para-hydroxylation sites is 1. The Balaban J connectivity index is 1.74. The number of aromatic amines is 1. The summed E-state index contributed by atoms with van der Waals surface area (Å²) >= 11 is 12.1. The molecule has 27 heavy (non-hydrogen) atoms. The third-order valence-corrected chi connectivity index (χ3v) is 4.55. The molecule has 0 fully saturated rings. The number of halogens is 2. The first kappa shape index (κ1) is 17.3. The lowest BCUT2D eigenvalue weighted by atomic mass is 10.1. The molecule has 1 amide bonds. The lowest BCUT2D eigenvalue weighted by Crippen LogP contribution is -2.02. The number of nitrogens with zero attached hydrogens (tertiary/aromatic N) is 3. The lowest BCUT2D eigenvalue weighted by molar-refractivity contribution is 0.0995. The average Bonchev–Trinajstić information content (AvgIpc) is 3.28. The molecular weight excluding hydrogens is 387 g/mol. The normalized spacial score (nSPS) is 11.5. The van der Waals surface area contributed by atoms with E-state index in [-0.39, 0.29) is 11.6 Å². The van der Waals surface area contributed by atoms with Crippen LogP contribution < -0.4 is 0 Å². The Hall–Kier alpha value is -3.09. The summed E-state index contributed by atoms with van der Waals surface area (Å²) in [6.07, 6.45) is 3.66. The highest BCUT2D eigenvalue weighted by atomic mass is 35.5. The molecule has 6 nitrogen and oxygen atoms in total. The highest BCUT2D eigenvalue weighted by Crippen LogP contribution is 2.40. The molecule has 4 aromatic rings. The quantitative estimate of drug-likeness (QED) is 0.421. The number of aromatic hydroxyl groups is 1. The van der Waals surface area contributed by atoms with Crippen molar-refractivity contribution in [2.45, 2.75) is 0 Å². The minimum Gasteiger partial charge on any atom is -0.493 e. The minimum atomic E-state index is -0.541. The molecule has 8 heteroatoms. The van der Waals surface area contributed by atoms with Gasteiger partial charge >= 0.3 is 0 Å². The number of carbonyl (C=O) groups excluding carboxylic acids is 1. The van der Waals surface area contributed by atoms with Gasteiger partial charge in [0.25, 0.3) is 5.91 Å². The van der Waals surface area contributed by atoms with E-state index in [0.29, 0.717) is 32.2 Å². The number of fused-ring (bicyclic) bond motifs is 1. The fourth-order valence-electron chi connectivity index (χ4n) is 2.82. The zero-order valence-electron chi connectivity index (χ0n) is 13.7. The van der Waals surface area contributed by atoms with Crippen molar-refractivity contribution in [1.29, 1.82) is 0 Å². The molecular formula is C19H12Cl2N4O2. The number of hydrogen-bond acceptors (Lipinski definition) is 3. The molecule has 2 N–H and O–H groups in total. The van der Waals surface area contributed by atoms with Crippen LogP contribution in [0, 0.1) is 0 Å². The van der Waals surface area contributed by atoms with Crippen LogP contribution in [-0.2, 0) is 0 Å². The monoisotopic (exact) mass is 398 g/mol. The molecule has 0 aliphatic rings. The number of benzene rings is 2. The van der Waals surface area contributed by atoms with Crippen LogP contribution in [-0.4, -0.2) is 20.6 Å². The highest BCUT2D eigenvalue weighted by Gasteiger charge is 2.16. The zero-order valence-corrected chi connectivity index (χ0v) is 15.2. The summed E-state index contributed by atoms with van der Waals surface area (Å²) in [7, 11) is 0. The van der Waals surface area contributed by atoms with Gasteiger partial charge in [0.1, 0.15) is 0 Å². The molecule has 2 aromatic heterocycles. The molecule has 0 aliphatic carbocycles. The number of amides is 1. The van der Waals surface area contributed by atoms with Gasteiger partial charge in [0, 0.05) is 22.8 Å². The summed E-state index contributed by atoms with van der Waals surface area (Å²) in [4.78, 5) is 15.3. The van der Waals surface area contributed by atoms with Gasteiger partial charge in [-0.2, -0.15) is 0 Å². The summed E-state index contributed by atoms with van der Waals surface area (Å²) < 4.78 is 1.81. The Labute approximate surface area is 163 Å². The van der Waals surface area contributed by atoms with Gasteiger partial charge in [-0.25, -0.2) is 0 Å². The first-order chi connectivity index (χ1) is 13.0. The van der Waals surface area contributed by atoms with Crippen LogP contribution in [0.3, 0.4) is 0 Å². The zero-order chi connectivity index (χ0) is 19.0. The lowest BCUT2D eigenvalue weighted by Gasteiger charge is -2.06. The topological polar surface area (TPSA) is 82.7 Å². The van der Waals surface area contributed by atoms with Crippen molar-refractivity contribution in [1.82, 2.24) is 9.55 Å². The summed E-state index contributed by atoms with van der Waals surface area (Å²) in [6, 6.07) is 13.9. The Morgan fingerprint density at radius 1 is 1.07 bits per heavy atom. The van der Waals surface area contributed by atoms with Crippen LogP contribution in [0.4, 0.5) is 5.69 Å². The van der Waals surface area contributed by atoms with Crippen molar-refractivity contribution in [3.63, 3.8) is 0 Å². The van der Waals surface area contributed by atoms with Crippen molar-refractivity contribution in [3.8, 4) is 11.6 Å². The molecule has 0 saturated carbocycles. The van der Waals surface area contributed by atoms with Crippen molar-refractivity contribution >= 4 is 45.7 Å². The van der Waals surface area contributed by atoms with E-state index in [4.69, 9.17) is 23.2 Å². The smallest absolute Gasteiger partial charge is 0.297 e. The van der Waals surface area contributed by atoms with Gasteiger partial charge < -0.3 is 14.7 Å². The van der Waals surface area contributed by atoms with Gasteiger partial charge in [0.05, 0.1) is 21.8 Å². The fraction of sp³-hybridized carbons (Fsp3) is 0. The van der Waals surface area contributed by atoms with E-state index in [1.165, 1.54) is 0 Å². The molecule has 4 rings (SSSR count). The van der Waals surface area contributed by atoms with Crippen LogP contribution in [0.25, 0.3) is 16.6 Å². The molecule has 134 valence electrons. The maximum atomic E-state index is 12.6. The molecule has 2 aromatic carbocycles. The molecule has 0 atom stereocenters. The van der Waals surface area contributed by atoms with Gasteiger partial charge in [-0.15, -0.1) is 10.2 Å². The number of rotatable bonds is 3. The summed E-state index contributed by atoms with van der Waals surface area (Å²) in [5.74, 6) is -0.786. The van der Waals surface area contributed by atoms with E-state index in [1.807, 2.05) is 41.2 Å². The number of hydrogen-bond donors (Lipinski definition) is 2. The van der Waals surface area contributed by atoms with Crippen molar-refractivity contribution in [3.05, 3.63) is 76.5 Å². The SMILES string of the molecule is O=C(N=Nc1c(O)[nH]c2c(Cl)cc(Cl)cc12)c1ccccc1-n1cccc1. The Morgan fingerprint density at radius 3 is 2.59 bits per heavy atom. The van der Waals surface area contributed by atoms with Gasteiger partial charge in [0.15, 0.2) is 5.69 Å². The number of carbonyl (C=O) groups is 1. The standard InChI is InChI=1S/C19H12Cl2N4O2/c20-11-9-13-16(14(21)10-11)22-19(27)17(13)23-24-18(26)12-5-1-2-6-15(12)25-7-3-4-8-25/h1-10,22,27H. The maximum absolute atomic E-state index is 12.6. The second kappa shape index (κ2) is 6.90.